The molecule has 0 amide bonds. The summed E-state index contributed by atoms with van der Waals surface area (Å²) in [5.41, 5.74) is 1.10. The Bertz CT molecular complexity index is 1040. The van der Waals surface area contributed by atoms with Crippen LogP contribution in [0.5, 0.6) is 0 Å². The van der Waals surface area contributed by atoms with E-state index in [0.29, 0.717) is 10.5 Å². The molecule has 156 valence electrons. The highest BCUT2D eigenvalue weighted by Crippen LogP contribution is 2.47. The Hall–Kier alpha value is -2.03. The topological polar surface area (TPSA) is 80.5 Å². The molecule has 8 heteroatoms. The van der Waals surface area contributed by atoms with Crippen molar-refractivity contribution in [2.75, 3.05) is 6.26 Å². The van der Waals surface area contributed by atoms with Crippen LogP contribution < -0.4 is 0 Å². The van der Waals surface area contributed by atoms with Crippen LogP contribution in [0.15, 0.2) is 58.3 Å². The molecule has 0 spiro atoms. The molecule has 1 aliphatic rings. The van der Waals surface area contributed by atoms with Crippen LogP contribution in [0.1, 0.15) is 37.9 Å². The van der Waals surface area contributed by atoms with Crippen LogP contribution in [-0.4, -0.2) is 40.8 Å². The predicted molar refractivity (Wildman–Crippen MR) is 111 cm³/mol. The van der Waals surface area contributed by atoms with Gasteiger partial charge in [0.25, 0.3) is 0 Å². The molecule has 1 aliphatic heterocycles. The third-order valence-electron chi connectivity index (χ3n) is 4.47. The first kappa shape index (κ1) is 21.7. The van der Waals surface area contributed by atoms with Gasteiger partial charge in [0.1, 0.15) is 22.6 Å². The molecule has 0 aliphatic carbocycles. The molecule has 1 saturated heterocycles. The monoisotopic (exact) mass is 435 g/mol. The summed E-state index contributed by atoms with van der Waals surface area (Å²) in [6, 6.07) is 12.5. The number of sulfone groups is 1. The van der Waals surface area contributed by atoms with Gasteiger partial charge in [0.05, 0.1) is 15.8 Å². The van der Waals surface area contributed by atoms with E-state index in [1.54, 1.807) is 49.3 Å². The number of ether oxygens (including phenoxy) is 1. The molecule has 0 saturated carbocycles. The van der Waals surface area contributed by atoms with E-state index < -0.39 is 44.5 Å². The third-order valence-corrected chi connectivity index (χ3v) is 7.11. The predicted octanol–water partition coefficient (Wildman–Crippen LogP) is 3.19. The first-order valence-electron chi connectivity index (χ1n) is 9.18. The minimum Gasteiger partial charge on any atom is -0.459 e. The highest BCUT2D eigenvalue weighted by atomic mass is 32.2. The molecule has 6 nitrogen and oxygen atoms in total. The summed E-state index contributed by atoms with van der Waals surface area (Å²) in [7, 11) is -4.87. The van der Waals surface area contributed by atoms with E-state index in [4.69, 9.17) is 4.74 Å². The van der Waals surface area contributed by atoms with Gasteiger partial charge in [-0.25, -0.2) is 12.6 Å². The minimum absolute atomic E-state index is 0.196. The maximum atomic E-state index is 13.1. The van der Waals surface area contributed by atoms with Crippen molar-refractivity contribution in [3.63, 3.8) is 0 Å². The summed E-state index contributed by atoms with van der Waals surface area (Å²) in [6.07, 6.45) is 1.14. The van der Waals surface area contributed by atoms with Crippen molar-refractivity contribution < 1.29 is 22.2 Å². The van der Waals surface area contributed by atoms with Gasteiger partial charge in [0, 0.05) is 6.26 Å². The van der Waals surface area contributed by atoms with Crippen molar-refractivity contribution in [3.8, 4) is 0 Å². The number of hydrogen-bond acceptors (Lipinski definition) is 5. The number of rotatable bonds is 5. The summed E-state index contributed by atoms with van der Waals surface area (Å²) < 4.78 is 43.7. The van der Waals surface area contributed by atoms with Crippen molar-refractivity contribution in [1.82, 2.24) is 4.31 Å². The molecule has 0 bridgehead atoms. The highest BCUT2D eigenvalue weighted by Gasteiger charge is 2.58. The standard InChI is InChI=1S/C21H25NO5S2/c1-14-6-10-16(11-7-14)28(24)22-18(19(22)20(23)27-21(2,3)4)15-8-12-17(13-9-15)29(5,25)26/h6-13,18-19H,1-5H3/t18-,19+,22?,28?/m1/s1. The third kappa shape index (κ3) is 4.94. The molecule has 3 rings (SSSR count). The molecule has 29 heavy (non-hydrogen) atoms. The molecule has 0 N–H and O–H groups in total. The van der Waals surface area contributed by atoms with Crippen LogP contribution in [0.4, 0.5) is 0 Å². The zero-order valence-electron chi connectivity index (χ0n) is 17.1. The van der Waals surface area contributed by atoms with E-state index in [2.05, 4.69) is 0 Å². The maximum Gasteiger partial charge on any atom is 0.326 e. The van der Waals surface area contributed by atoms with Gasteiger partial charge in [0.15, 0.2) is 9.84 Å². The lowest BCUT2D eigenvalue weighted by atomic mass is 10.1. The van der Waals surface area contributed by atoms with E-state index in [1.165, 1.54) is 12.1 Å². The van der Waals surface area contributed by atoms with E-state index in [-0.39, 0.29) is 4.90 Å². The molecule has 0 radical (unpaired) electrons. The van der Waals surface area contributed by atoms with E-state index in [1.807, 2.05) is 19.1 Å². The van der Waals surface area contributed by atoms with E-state index in [0.717, 1.165) is 11.8 Å². The normalized spacial score (nSPS) is 22.7. The summed E-state index contributed by atoms with van der Waals surface area (Å²) in [5.74, 6) is -0.449. The Balaban J connectivity index is 1.92. The van der Waals surface area contributed by atoms with Gasteiger partial charge in [0.2, 0.25) is 0 Å². The summed E-state index contributed by atoms with van der Waals surface area (Å²) in [4.78, 5) is 13.5. The molecule has 2 aromatic rings. The molecule has 1 fully saturated rings. The average Bonchev–Trinajstić information content (AvgIpc) is 3.35. The second-order valence-corrected chi connectivity index (χ2v) is 11.6. The van der Waals surface area contributed by atoms with Gasteiger partial charge in [-0.1, -0.05) is 29.8 Å². The summed E-state index contributed by atoms with van der Waals surface area (Å²) in [6.45, 7) is 7.29. The summed E-state index contributed by atoms with van der Waals surface area (Å²) >= 11 is 0. The van der Waals surface area contributed by atoms with E-state index in [9.17, 15) is 17.4 Å². The largest absolute Gasteiger partial charge is 0.459 e. The van der Waals surface area contributed by atoms with Gasteiger partial charge in [-0.05, 0) is 57.5 Å². The minimum atomic E-state index is -3.32. The van der Waals surface area contributed by atoms with Gasteiger partial charge in [-0.2, -0.15) is 4.31 Å². The zero-order valence-corrected chi connectivity index (χ0v) is 18.7. The van der Waals surface area contributed by atoms with Crippen molar-refractivity contribution in [2.45, 2.75) is 55.2 Å². The molecular formula is C21H25NO5S2. The van der Waals surface area contributed by atoms with Gasteiger partial charge in [-0.3, -0.25) is 4.79 Å². The number of benzene rings is 2. The maximum absolute atomic E-state index is 13.1. The van der Waals surface area contributed by atoms with Crippen LogP contribution in [0.25, 0.3) is 0 Å². The molecule has 2 aromatic carbocycles. The van der Waals surface area contributed by atoms with Crippen LogP contribution in [0, 0.1) is 6.92 Å². The van der Waals surface area contributed by atoms with Crippen molar-refractivity contribution in [2.24, 2.45) is 0 Å². The first-order chi connectivity index (χ1) is 13.4. The Labute approximate surface area is 174 Å². The lowest BCUT2D eigenvalue weighted by Crippen LogP contribution is -2.28. The van der Waals surface area contributed by atoms with Crippen molar-refractivity contribution in [1.29, 1.82) is 0 Å². The van der Waals surface area contributed by atoms with Crippen LogP contribution >= 0.6 is 0 Å². The highest BCUT2D eigenvalue weighted by molar-refractivity contribution is 7.90. The van der Waals surface area contributed by atoms with Crippen molar-refractivity contribution in [3.05, 3.63) is 59.7 Å². The first-order valence-corrected chi connectivity index (χ1v) is 12.2. The number of nitrogens with zero attached hydrogens (tertiary/aromatic N) is 1. The lowest BCUT2D eigenvalue weighted by molar-refractivity contribution is -0.154. The van der Waals surface area contributed by atoms with E-state index >= 15 is 0 Å². The van der Waals surface area contributed by atoms with Crippen LogP contribution in [0.2, 0.25) is 0 Å². The molecule has 0 aromatic heterocycles. The van der Waals surface area contributed by atoms with Crippen LogP contribution in [0.3, 0.4) is 0 Å². The second-order valence-electron chi connectivity index (χ2n) is 8.19. The second kappa shape index (κ2) is 7.66. The molecule has 4 atom stereocenters. The van der Waals surface area contributed by atoms with Gasteiger partial charge >= 0.3 is 5.97 Å². The smallest absolute Gasteiger partial charge is 0.326 e. The lowest BCUT2D eigenvalue weighted by Gasteiger charge is -2.19. The molecule has 2 unspecified atom stereocenters. The molecular weight excluding hydrogens is 410 g/mol. The van der Waals surface area contributed by atoms with Gasteiger partial charge in [-0.15, -0.1) is 0 Å². The Morgan fingerprint density at radius 1 is 1.03 bits per heavy atom. The fourth-order valence-corrected chi connectivity index (χ4v) is 5.07. The fourth-order valence-electron chi connectivity index (χ4n) is 3.03. The van der Waals surface area contributed by atoms with Gasteiger partial charge < -0.3 is 4.74 Å². The van der Waals surface area contributed by atoms with Crippen molar-refractivity contribution >= 4 is 26.8 Å². The average molecular weight is 436 g/mol. The Morgan fingerprint density at radius 3 is 2.07 bits per heavy atom. The fraction of sp³-hybridized carbons (Fsp3) is 0.381. The number of hydrogen-bond donors (Lipinski definition) is 0. The zero-order chi connectivity index (χ0) is 21.6. The number of carbonyl (C=O) groups is 1. The Morgan fingerprint density at radius 2 is 1.59 bits per heavy atom. The molecule has 1 heterocycles. The number of aryl methyl sites for hydroxylation is 1. The SMILES string of the molecule is Cc1ccc(S(=O)N2[C@H](C(=O)OC(C)(C)C)[C@H]2c2ccc(S(C)(=O)=O)cc2)cc1. The van der Waals surface area contributed by atoms with Crippen LogP contribution in [-0.2, 0) is 30.4 Å². The Kier molecular flexibility index (Phi) is 5.73. The quantitative estimate of drug-likeness (QED) is 0.532. The number of esters is 1. The number of carbonyl (C=O) groups excluding carboxylic acids is 1. The summed E-state index contributed by atoms with van der Waals surface area (Å²) in [5, 5.41) is 0.